The molecular weight excluding hydrogens is 198 g/mol. The lowest BCUT2D eigenvalue weighted by Gasteiger charge is -2.06. The standard InChI is InChI=1S/C11H12ClNO/c1-6(2)8-5-13-9-4-7(3)14-11(9)10(8)12/h4-6H,1-3H3. The van der Waals surface area contributed by atoms with Crippen molar-refractivity contribution in [1.82, 2.24) is 4.98 Å². The fraction of sp³-hybridized carbons (Fsp3) is 0.364. The van der Waals surface area contributed by atoms with Crippen molar-refractivity contribution < 1.29 is 4.42 Å². The van der Waals surface area contributed by atoms with Gasteiger partial charge in [-0.15, -0.1) is 0 Å². The Kier molecular flexibility index (Phi) is 2.23. The number of pyridine rings is 1. The highest BCUT2D eigenvalue weighted by molar-refractivity contribution is 6.35. The van der Waals surface area contributed by atoms with Gasteiger partial charge in [-0.2, -0.15) is 0 Å². The largest absolute Gasteiger partial charge is 0.458 e. The highest BCUT2D eigenvalue weighted by Crippen LogP contribution is 2.31. The molecule has 14 heavy (non-hydrogen) atoms. The topological polar surface area (TPSA) is 26.0 Å². The molecule has 2 heterocycles. The van der Waals surface area contributed by atoms with Crippen molar-refractivity contribution in [2.24, 2.45) is 0 Å². The molecule has 0 fully saturated rings. The first-order valence-electron chi connectivity index (χ1n) is 4.64. The molecule has 0 unspecified atom stereocenters. The summed E-state index contributed by atoms with van der Waals surface area (Å²) in [7, 11) is 0. The van der Waals surface area contributed by atoms with Gasteiger partial charge in [-0.05, 0) is 18.4 Å². The second kappa shape index (κ2) is 3.28. The summed E-state index contributed by atoms with van der Waals surface area (Å²) in [6.45, 7) is 6.07. The third-order valence-corrected chi connectivity index (χ3v) is 2.64. The van der Waals surface area contributed by atoms with Gasteiger partial charge in [-0.3, -0.25) is 4.98 Å². The second-order valence-electron chi connectivity index (χ2n) is 3.75. The molecule has 0 atom stereocenters. The zero-order valence-corrected chi connectivity index (χ0v) is 9.22. The van der Waals surface area contributed by atoms with E-state index >= 15 is 0 Å². The highest BCUT2D eigenvalue weighted by Gasteiger charge is 2.12. The average molecular weight is 210 g/mol. The van der Waals surface area contributed by atoms with Crippen molar-refractivity contribution in [1.29, 1.82) is 0 Å². The Morgan fingerprint density at radius 1 is 1.43 bits per heavy atom. The number of fused-ring (bicyclic) bond motifs is 1. The quantitative estimate of drug-likeness (QED) is 0.712. The minimum atomic E-state index is 0.366. The van der Waals surface area contributed by atoms with Gasteiger partial charge in [0, 0.05) is 12.3 Å². The maximum absolute atomic E-state index is 6.22. The van der Waals surface area contributed by atoms with Crippen LogP contribution in [0, 0.1) is 6.92 Å². The SMILES string of the molecule is Cc1cc2ncc(C(C)C)c(Cl)c2o1. The molecule has 0 amide bonds. The van der Waals surface area contributed by atoms with Crippen LogP contribution in [0.25, 0.3) is 11.1 Å². The smallest absolute Gasteiger partial charge is 0.171 e. The number of halogens is 1. The van der Waals surface area contributed by atoms with Gasteiger partial charge in [-0.25, -0.2) is 0 Å². The molecule has 0 bridgehead atoms. The molecular formula is C11H12ClNO. The van der Waals surface area contributed by atoms with Crippen LogP contribution in [0.2, 0.25) is 5.02 Å². The van der Waals surface area contributed by atoms with Crippen LogP contribution >= 0.6 is 11.6 Å². The number of nitrogens with zero attached hydrogens (tertiary/aromatic N) is 1. The van der Waals surface area contributed by atoms with Crippen LogP contribution in [-0.2, 0) is 0 Å². The van der Waals surface area contributed by atoms with Crippen LogP contribution in [0.5, 0.6) is 0 Å². The van der Waals surface area contributed by atoms with Gasteiger partial charge in [0.05, 0.1) is 5.02 Å². The first-order valence-corrected chi connectivity index (χ1v) is 5.02. The minimum Gasteiger partial charge on any atom is -0.458 e. The lowest BCUT2D eigenvalue weighted by Crippen LogP contribution is -1.90. The second-order valence-corrected chi connectivity index (χ2v) is 4.13. The summed E-state index contributed by atoms with van der Waals surface area (Å²) in [5.74, 6) is 1.21. The van der Waals surface area contributed by atoms with Crippen molar-refractivity contribution in [3.05, 3.63) is 28.6 Å². The molecule has 2 aromatic heterocycles. The molecule has 2 rings (SSSR count). The number of furan rings is 1. The van der Waals surface area contributed by atoms with E-state index in [1.807, 2.05) is 19.2 Å². The van der Waals surface area contributed by atoms with Gasteiger partial charge < -0.3 is 4.42 Å². The zero-order chi connectivity index (χ0) is 10.3. The summed E-state index contributed by atoms with van der Waals surface area (Å²) in [6, 6.07) is 1.89. The molecule has 0 saturated heterocycles. The van der Waals surface area contributed by atoms with E-state index in [0.29, 0.717) is 16.5 Å². The van der Waals surface area contributed by atoms with E-state index in [1.165, 1.54) is 0 Å². The average Bonchev–Trinajstić information content (AvgIpc) is 2.46. The van der Waals surface area contributed by atoms with Crippen molar-refractivity contribution in [2.75, 3.05) is 0 Å². The number of aromatic nitrogens is 1. The van der Waals surface area contributed by atoms with E-state index in [9.17, 15) is 0 Å². The van der Waals surface area contributed by atoms with E-state index in [1.54, 1.807) is 0 Å². The molecule has 0 aliphatic rings. The van der Waals surface area contributed by atoms with E-state index in [0.717, 1.165) is 16.8 Å². The summed E-state index contributed by atoms with van der Waals surface area (Å²) in [5, 5.41) is 0.693. The maximum Gasteiger partial charge on any atom is 0.171 e. The molecule has 0 saturated carbocycles. The van der Waals surface area contributed by atoms with E-state index in [4.69, 9.17) is 16.0 Å². The lowest BCUT2D eigenvalue weighted by molar-refractivity contribution is 0.577. The summed E-state index contributed by atoms with van der Waals surface area (Å²) in [4.78, 5) is 4.31. The Hall–Kier alpha value is -1.02. The van der Waals surface area contributed by atoms with Crippen LogP contribution in [0.15, 0.2) is 16.7 Å². The molecule has 3 heteroatoms. The molecule has 0 aliphatic carbocycles. The van der Waals surface area contributed by atoms with Crippen LogP contribution in [0.4, 0.5) is 0 Å². The van der Waals surface area contributed by atoms with E-state index < -0.39 is 0 Å². The van der Waals surface area contributed by atoms with Gasteiger partial charge >= 0.3 is 0 Å². The van der Waals surface area contributed by atoms with Crippen molar-refractivity contribution in [3.8, 4) is 0 Å². The van der Waals surface area contributed by atoms with Crippen LogP contribution in [-0.4, -0.2) is 4.98 Å². The van der Waals surface area contributed by atoms with Crippen molar-refractivity contribution >= 4 is 22.7 Å². The molecule has 2 nitrogen and oxygen atoms in total. The van der Waals surface area contributed by atoms with Crippen molar-refractivity contribution in [3.63, 3.8) is 0 Å². The zero-order valence-electron chi connectivity index (χ0n) is 8.47. The third-order valence-electron chi connectivity index (χ3n) is 2.25. The fourth-order valence-electron chi connectivity index (χ4n) is 1.48. The molecule has 0 spiro atoms. The Bertz CT molecular complexity index is 473. The number of hydrogen-bond acceptors (Lipinski definition) is 2. The fourth-order valence-corrected chi connectivity index (χ4v) is 1.89. The van der Waals surface area contributed by atoms with Gasteiger partial charge in [0.25, 0.3) is 0 Å². The minimum absolute atomic E-state index is 0.366. The highest BCUT2D eigenvalue weighted by atomic mass is 35.5. The summed E-state index contributed by atoms with van der Waals surface area (Å²) < 4.78 is 5.50. The van der Waals surface area contributed by atoms with E-state index in [2.05, 4.69) is 18.8 Å². The number of rotatable bonds is 1. The van der Waals surface area contributed by atoms with Gasteiger partial charge in [0.2, 0.25) is 0 Å². The van der Waals surface area contributed by atoms with Gasteiger partial charge in [0.15, 0.2) is 5.58 Å². The summed E-state index contributed by atoms with van der Waals surface area (Å²) in [5.41, 5.74) is 2.57. The summed E-state index contributed by atoms with van der Waals surface area (Å²) >= 11 is 6.22. The first kappa shape index (κ1) is 9.53. The molecule has 0 aromatic carbocycles. The number of hydrogen-bond donors (Lipinski definition) is 0. The van der Waals surface area contributed by atoms with E-state index in [-0.39, 0.29) is 0 Å². The maximum atomic E-state index is 6.22. The Morgan fingerprint density at radius 3 is 2.79 bits per heavy atom. The Morgan fingerprint density at radius 2 is 2.14 bits per heavy atom. The van der Waals surface area contributed by atoms with Gasteiger partial charge in [0.1, 0.15) is 11.3 Å². The molecule has 74 valence electrons. The Labute approximate surface area is 87.9 Å². The van der Waals surface area contributed by atoms with Crippen LogP contribution < -0.4 is 0 Å². The normalized spacial score (nSPS) is 11.5. The molecule has 2 aromatic rings. The molecule has 0 radical (unpaired) electrons. The lowest BCUT2D eigenvalue weighted by atomic mass is 10.1. The Balaban J connectivity index is 2.74. The molecule has 0 aliphatic heterocycles. The predicted molar refractivity (Wildman–Crippen MR) is 57.8 cm³/mol. The third kappa shape index (κ3) is 1.40. The van der Waals surface area contributed by atoms with Gasteiger partial charge in [-0.1, -0.05) is 25.4 Å². The summed E-state index contributed by atoms with van der Waals surface area (Å²) in [6.07, 6.45) is 1.82. The predicted octanol–water partition coefficient (Wildman–Crippen LogP) is 3.91. The van der Waals surface area contributed by atoms with Crippen LogP contribution in [0.1, 0.15) is 31.1 Å². The van der Waals surface area contributed by atoms with Crippen LogP contribution in [0.3, 0.4) is 0 Å². The number of aryl methyl sites for hydroxylation is 1. The molecule has 0 N–H and O–H groups in total. The monoisotopic (exact) mass is 209 g/mol. The van der Waals surface area contributed by atoms with Crippen molar-refractivity contribution in [2.45, 2.75) is 26.7 Å². The first-order chi connectivity index (χ1) is 6.59.